The van der Waals surface area contributed by atoms with Crippen LogP contribution in [0.4, 0.5) is 0 Å². The molecule has 0 aliphatic carbocycles. The number of aromatic nitrogens is 2. The average Bonchev–Trinajstić information content (AvgIpc) is 2.77. The maximum absolute atomic E-state index is 12.8. The molecule has 1 heterocycles. The number of methoxy groups -OCH3 is 2. The number of hydrogen-bond acceptors (Lipinski definition) is 7. The van der Waals surface area contributed by atoms with E-state index in [0.717, 1.165) is 5.56 Å². The maximum atomic E-state index is 12.8. The van der Waals surface area contributed by atoms with Crippen molar-refractivity contribution in [2.24, 2.45) is 0 Å². The van der Waals surface area contributed by atoms with E-state index >= 15 is 0 Å². The minimum Gasteiger partial charge on any atom is -0.481 e. The zero-order valence-electron chi connectivity index (χ0n) is 16.2. The van der Waals surface area contributed by atoms with Crippen molar-refractivity contribution in [2.75, 3.05) is 20.8 Å². The molecule has 8 heteroatoms. The molecule has 0 unspecified atom stereocenters. The molecule has 0 N–H and O–H groups in total. The van der Waals surface area contributed by atoms with Gasteiger partial charge in [-0.05, 0) is 29.3 Å². The van der Waals surface area contributed by atoms with Gasteiger partial charge in [0.05, 0.1) is 20.3 Å². The van der Waals surface area contributed by atoms with Crippen LogP contribution in [0.25, 0.3) is 11.1 Å². The van der Waals surface area contributed by atoms with Crippen molar-refractivity contribution in [1.82, 2.24) is 9.97 Å². The van der Waals surface area contributed by atoms with Crippen LogP contribution < -0.4 is 14.2 Å². The third kappa shape index (κ3) is 4.80. The number of ether oxygens (including phenoxy) is 4. The highest BCUT2D eigenvalue weighted by Gasteiger charge is 2.22. The molecule has 2 aromatic carbocycles. The van der Waals surface area contributed by atoms with Crippen LogP contribution >= 0.6 is 11.6 Å². The Labute approximate surface area is 178 Å². The summed E-state index contributed by atoms with van der Waals surface area (Å²) in [6, 6.07) is 13.5. The first kappa shape index (κ1) is 21.0. The van der Waals surface area contributed by atoms with Crippen LogP contribution in [0.2, 0.25) is 5.02 Å². The Morgan fingerprint density at radius 3 is 2.33 bits per heavy atom. The lowest BCUT2D eigenvalue weighted by Crippen LogP contribution is -2.10. The van der Waals surface area contributed by atoms with Crippen LogP contribution in [0.5, 0.6) is 23.5 Å². The Hall–Kier alpha value is -3.76. The number of carbonyl (C=O) groups excluding carboxylic acids is 1. The second-order valence-electron chi connectivity index (χ2n) is 5.80. The Morgan fingerprint density at radius 1 is 1.07 bits per heavy atom. The van der Waals surface area contributed by atoms with Gasteiger partial charge in [-0.15, -0.1) is 6.42 Å². The summed E-state index contributed by atoms with van der Waals surface area (Å²) in [5.41, 5.74) is 1.48. The van der Waals surface area contributed by atoms with Gasteiger partial charge in [-0.1, -0.05) is 41.8 Å². The summed E-state index contributed by atoms with van der Waals surface area (Å²) in [6.45, 7) is -0.184. The summed E-state index contributed by atoms with van der Waals surface area (Å²) in [4.78, 5) is 21.1. The van der Waals surface area contributed by atoms with Gasteiger partial charge >= 0.3 is 12.0 Å². The number of benzene rings is 2. The molecule has 0 spiro atoms. The predicted octanol–water partition coefficient (Wildman–Crippen LogP) is 4.40. The largest absolute Gasteiger partial charge is 0.481 e. The highest BCUT2D eigenvalue weighted by Crippen LogP contribution is 2.34. The summed E-state index contributed by atoms with van der Waals surface area (Å²) in [7, 11) is 2.91. The quantitative estimate of drug-likeness (QED) is 0.411. The zero-order valence-corrected chi connectivity index (χ0v) is 17.0. The predicted molar refractivity (Wildman–Crippen MR) is 111 cm³/mol. The lowest BCUT2D eigenvalue weighted by Gasteiger charge is -2.14. The van der Waals surface area contributed by atoms with Crippen LogP contribution in [0.3, 0.4) is 0 Å². The van der Waals surface area contributed by atoms with Gasteiger partial charge in [-0.2, -0.15) is 9.97 Å². The van der Waals surface area contributed by atoms with Crippen LogP contribution in [-0.2, 0) is 4.74 Å². The third-order valence-corrected chi connectivity index (χ3v) is 4.20. The molecule has 7 nitrogen and oxygen atoms in total. The molecule has 30 heavy (non-hydrogen) atoms. The van der Waals surface area contributed by atoms with Gasteiger partial charge in [0.1, 0.15) is 11.3 Å². The fourth-order valence-electron chi connectivity index (χ4n) is 2.61. The van der Waals surface area contributed by atoms with Gasteiger partial charge in [0, 0.05) is 5.02 Å². The molecule has 0 bridgehead atoms. The highest BCUT2D eigenvalue weighted by molar-refractivity contribution is 6.30. The Morgan fingerprint density at radius 2 is 1.73 bits per heavy atom. The molecule has 1 aromatic heterocycles. The lowest BCUT2D eigenvalue weighted by atomic mass is 9.99. The first-order chi connectivity index (χ1) is 14.5. The number of carbonyl (C=O) groups is 1. The van der Waals surface area contributed by atoms with Gasteiger partial charge in [0.2, 0.25) is 11.8 Å². The van der Waals surface area contributed by atoms with Crippen molar-refractivity contribution in [1.29, 1.82) is 0 Å². The zero-order chi connectivity index (χ0) is 21.5. The highest BCUT2D eigenvalue weighted by atomic mass is 35.5. The Bertz CT molecular complexity index is 1070. The number of rotatable bonds is 7. The van der Waals surface area contributed by atoms with Gasteiger partial charge in [0.15, 0.2) is 6.61 Å². The molecule has 3 rings (SSSR count). The number of nitrogens with zero attached hydrogens (tertiary/aromatic N) is 2. The molecule has 0 aliphatic heterocycles. The normalized spacial score (nSPS) is 10.1. The lowest BCUT2D eigenvalue weighted by molar-refractivity contribution is 0.0554. The van der Waals surface area contributed by atoms with Crippen LogP contribution in [-0.4, -0.2) is 36.8 Å². The van der Waals surface area contributed by atoms with Gasteiger partial charge < -0.3 is 18.9 Å². The smallest absolute Gasteiger partial charge is 0.343 e. The van der Waals surface area contributed by atoms with E-state index < -0.39 is 5.97 Å². The van der Waals surface area contributed by atoms with E-state index in [-0.39, 0.29) is 35.7 Å². The molecule has 0 amide bonds. The molecule has 0 fully saturated rings. The Kier molecular flexibility index (Phi) is 6.73. The van der Waals surface area contributed by atoms with Crippen LogP contribution in [0.1, 0.15) is 10.4 Å². The van der Waals surface area contributed by atoms with E-state index in [2.05, 4.69) is 15.9 Å². The molecule has 152 valence electrons. The van der Waals surface area contributed by atoms with Crippen molar-refractivity contribution in [2.45, 2.75) is 0 Å². The maximum Gasteiger partial charge on any atom is 0.343 e. The van der Waals surface area contributed by atoms with Gasteiger partial charge in [-0.3, -0.25) is 0 Å². The topological polar surface area (TPSA) is 79.8 Å². The first-order valence-electron chi connectivity index (χ1n) is 8.70. The number of terminal acetylenes is 1. The monoisotopic (exact) mass is 424 g/mol. The minimum absolute atomic E-state index is 0.0644. The van der Waals surface area contributed by atoms with Crippen molar-refractivity contribution in [3.05, 3.63) is 59.1 Å². The minimum atomic E-state index is -0.650. The number of halogens is 1. The fourth-order valence-corrected chi connectivity index (χ4v) is 2.74. The van der Waals surface area contributed by atoms with Crippen LogP contribution in [0, 0.1) is 12.3 Å². The SMILES string of the molecule is C#CCOC(=O)c1c(Oc2nc(OC)cc(OC)n2)cccc1-c1ccc(Cl)cc1. The Balaban J connectivity index is 2.10. The van der Waals surface area contributed by atoms with E-state index in [4.69, 9.17) is 37.0 Å². The van der Waals surface area contributed by atoms with Crippen LogP contribution in [0.15, 0.2) is 48.5 Å². The van der Waals surface area contributed by atoms with Gasteiger partial charge in [-0.25, -0.2) is 4.79 Å². The first-order valence-corrected chi connectivity index (χ1v) is 9.08. The molecule has 0 aliphatic rings. The summed E-state index contributed by atoms with van der Waals surface area (Å²) < 4.78 is 21.2. The molecule has 0 atom stereocenters. The number of esters is 1. The van der Waals surface area contributed by atoms with E-state index in [1.54, 1.807) is 42.5 Å². The van der Waals surface area contributed by atoms with Crippen molar-refractivity contribution < 1.29 is 23.7 Å². The second-order valence-corrected chi connectivity index (χ2v) is 6.24. The summed E-state index contributed by atoms with van der Waals surface area (Å²) in [6.07, 6.45) is 5.23. The van der Waals surface area contributed by atoms with Crippen molar-refractivity contribution >= 4 is 17.6 Å². The molecule has 3 aromatic rings. The van der Waals surface area contributed by atoms with Gasteiger partial charge in [0.25, 0.3) is 0 Å². The second kappa shape index (κ2) is 9.63. The molecule has 0 radical (unpaired) electrons. The van der Waals surface area contributed by atoms with E-state index in [9.17, 15) is 4.79 Å². The standard InChI is InChI=1S/C22H17ClN2O5/c1-4-12-29-21(26)20-16(14-8-10-15(23)11-9-14)6-5-7-17(20)30-22-24-18(27-2)13-19(25-22)28-3/h1,5-11,13H,12H2,2-3H3. The number of hydrogen-bond donors (Lipinski definition) is 0. The summed E-state index contributed by atoms with van der Waals surface area (Å²) in [5, 5.41) is 0.569. The molecule has 0 saturated carbocycles. The molecular formula is C22H17ClN2O5. The fraction of sp³-hybridized carbons (Fsp3) is 0.136. The van der Waals surface area contributed by atoms with Crippen molar-refractivity contribution in [3.8, 4) is 47.0 Å². The van der Waals surface area contributed by atoms with E-state index in [1.165, 1.54) is 20.3 Å². The summed E-state index contributed by atoms with van der Waals surface area (Å²) in [5.74, 6) is 2.28. The van der Waals surface area contributed by atoms with E-state index in [1.807, 2.05) is 0 Å². The van der Waals surface area contributed by atoms with Crippen molar-refractivity contribution in [3.63, 3.8) is 0 Å². The molecular weight excluding hydrogens is 408 g/mol. The summed E-state index contributed by atoms with van der Waals surface area (Å²) >= 11 is 5.99. The van der Waals surface area contributed by atoms with E-state index in [0.29, 0.717) is 10.6 Å². The molecule has 0 saturated heterocycles. The average molecular weight is 425 g/mol. The third-order valence-electron chi connectivity index (χ3n) is 3.95.